The van der Waals surface area contributed by atoms with Gasteiger partial charge in [-0.15, -0.1) is 0 Å². The molecule has 3 heterocycles. The van der Waals surface area contributed by atoms with Crippen molar-refractivity contribution in [2.75, 3.05) is 79.3 Å². The highest BCUT2D eigenvalue weighted by atomic mass is 16.5. The zero-order chi connectivity index (χ0) is 28.9. The SMILES string of the molecule is CCOCC1=CC(COCC)(C(C2(COCC)C=C(COCC)N=N2)C2(COCC)C=C(COCC)N=N2)N=N1. The molecule has 0 fully saturated rings. The summed E-state index contributed by atoms with van der Waals surface area (Å²) in [5.74, 6) is -0.536. The van der Waals surface area contributed by atoms with Gasteiger partial charge in [0, 0.05) is 39.6 Å². The fraction of sp³-hybridized carbons (Fsp3) is 0.786. The number of ether oxygens (including phenoxy) is 6. The molecule has 0 radical (unpaired) electrons. The van der Waals surface area contributed by atoms with Crippen molar-refractivity contribution in [3.05, 3.63) is 35.3 Å². The highest BCUT2D eigenvalue weighted by molar-refractivity contribution is 5.38. The maximum Gasteiger partial charge on any atom is 0.134 e. The van der Waals surface area contributed by atoms with Crippen molar-refractivity contribution in [1.82, 2.24) is 0 Å². The summed E-state index contributed by atoms with van der Waals surface area (Å²) < 4.78 is 35.4. The van der Waals surface area contributed by atoms with Gasteiger partial charge in [-0.25, -0.2) is 0 Å². The maximum atomic E-state index is 6.10. The van der Waals surface area contributed by atoms with Crippen molar-refractivity contribution in [2.45, 2.75) is 58.2 Å². The smallest absolute Gasteiger partial charge is 0.134 e. The third-order valence-electron chi connectivity index (χ3n) is 6.82. The Bertz CT molecular complexity index is 874. The Hall–Kier alpha value is -2.22. The van der Waals surface area contributed by atoms with E-state index in [9.17, 15) is 0 Å². The van der Waals surface area contributed by atoms with E-state index in [1.54, 1.807) is 0 Å². The van der Waals surface area contributed by atoms with E-state index in [0.717, 1.165) is 0 Å². The van der Waals surface area contributed by atoms with Crippen LogP contribution in [-0.4, -0.2) is 95.9 Å². The number of azo groups is 3. The first kappa shape index (κ1) is 32.3. The van der Waals surface area contributed by atoms with Crippen LogP contribution in [-0.2, 0) is 28.4 Å². The van der Waals surface area contributed by atoms with Crippen LogP contribution in [0.4, 0.5) is 0 Å². The van der Waals surface area contributed by atoms with Crippen LogP contribution < -0.4 is 0 Å². The number of rotatable bonds is 21. The van der Waals surface area contributed by atoms with E-state index in [1.807, 2.05) is 59.8 Å². The number of hydrogen-bond acceptors (Lipinski definition) is 12. The van der Waals surface area contributed by atoms with Gasteiger partial charge in [-0.2, -0.15) is 30.7 Å². The van der Waals surface area contributed by atoms with E-state index in [1.165, 1.54) is 0 Å². The molecule has 0 atom stereocenters. The van der Waals surface area contributed by atoms with Crippen molar-refractivity contribution < 1.29 is 28.4 Å². The van der Waals surface area contributed by atoms with E-state index in [0.29, 0.717) is 76.6 Å². The highest BCUT2D eigenvalue weighted by Crippen LogP contribution is 2.52. The summed E-state index contributed by atoms with van der Waals surface area (Å²) >= 11 is 0. The lowest BCUT2D eigenvalue weighted by atomic mass is 9.62. The molecular weight excluding hydrogens is 516 g/mol. The van der Waals surface area contributed by atoms with Crippen molar-refractivity contribution in [3.8, 4) is 0 Å². The summed E-state index contributed by atoms with van der Waals surface area (Å²) in [5, 5.41) is 28.4. The summed E-state index contributed by atoms with van der Waals surface area (Å²) in [6.45, 7) is 16.6. The molecule has 224 valence electrons. The summed E-state index contributed by atoms with van der Waals surface area (Å²) in [6.07, 6.45) is 6.08. The van der Waals surface area contributed by atoms with Gasteiger partial charge >= 0.3 is 0 Å². The van der Waals surface area contributed by atoms with Gasteiger partial charge < -0.3 is 28.4 Å². The molecule has 0 amide bonds. The first-order valence-corrected chi connectivity index (χ1v) is 14.4. The molecule has 0 aromatic rings. The standard InChI is InChI=1S/C28H46N6O6/c1-7-35-16-22-13-26(32-29-22,19-38-10-4)25(27(20-39-11-5)14-23(30-33-27)17-36-8-2)28(21-40-12-6)15-24(31-34-28)18-37-9-3/h13-15,25H,7-12,16-21H2,1-6H3. The molecule has 0 aromatic carbocycles. The van der Waals surface area contributed by atoms with E-state index in [2.05, 4.69) is 15.3 Å². The van der Waals surface area contributed by atoms with E-state index >= 15 is 0 Å². The summed E-state index contributed by atoms with van der Waals surface area (Å²) in [6, 6.07) is 0. The quantitative estimate of drug-likeness (QED) is 0.192. The molecule has 12 nitrogen and oxygen atoms in total. The second kappa shape index (κ2) is 15.7. The van der Waals surface area contributed by atoms with Crippen molar-refractivity contribution >= 4 is 0 Å². The highest BCUT2D eigenvalue weighted by Gasteiger charge is 2.63. The van der Waals surface area contributed by atoms with Crippen molar-refractivity contribution in [1.29, 1.82) is 0 Å². The third kappa shape index (κ3) is 7.54. The minimum absolute atomic E-state index is 0.239. The Balaban J connectivity index is 2.26. The van der Waals surface area contributed by atoms with Crippen molar-refractivity contribution in [2.24, 2.45) is 36.6 Å². The van der Waals surface area contributed by atoms with Gasteiger partial charge in [0.25, 0.3) is 0 Å². The molecule has 0 unspecified atom stereocenters. The minimum Gasteiger partial charge on any atom is -0.379 e. The molecular formula is C28H46N6O6. The van der Waals surface area contributed by atoms with Crippen LogP contribution in [0.2, 0.25) is 0 Å². The lowest BCUT2D eigenvalue weighted by Crippen LogP contribution is -2.62. The molecule has 0 saturated heterocycles. The fourth-order valence-electron chi connectivity index (χ4n) is 5.32. The molecule has 0 N–H and O–H groups in total. The van der Waals surface area contributed by atoms with E-state index < -0.39 is 22.5 Å². The van der Waals surface area contributed by atoms with Gasteiger partial charge in [-0.3, -0.25) is 0 Å². The molecule has 0 aromatic heterocycles. The van der Waals surface area contributed by atoms with Crippen LogP contribution in [0.1, 0.15) is 41.5 Å². The lowest BCUT2D eigenvalue weighted by molar-refractivity contribution is -0.0101. The molecule has 3 aliphatic rings. The topological polar surface area (TPSA) is 130 Å². The molecule has 0 saturated carbocycles. The molecule has 3 rings (SSSR count). The molecule has 0 bridgehead atoms. The fourth-order valence-corrected chi connectivity index (χ4v) is 5.32. The normalized spacial score (nSPS) is 27.9. The average molecular weight is 563 g/mol. The predicted molar refractivity (Wildman–Crippen MR) is 149 cm³/mol. The van der Waals surface area contributed by atoms with Gasteiger partial charge in [0.15, 0.2) is 0 Å². The monoisotopic (exact) mass is 562 g/mol. The largest absolute Gasteiger partial charge is 0.379 e. The van der Waals surface area contributed by atoms with Crippen LogP contribution in [0.3, 0.4) is 0 Å². The van der Waals surface area contributed by atoms with Crippen molar-refractivity contribution in [3.63, 3.8) is 0 Å². The van der Waals surface area contributed by atoms with E-state index in [-0.39, 0.29) is 19.8 Å². The summed E-state index contributed by atoms with van der Waals surface area (Å²) in [7, 11) is 0. The molecule has 0 spiro atoms. The molecule has 12 heteroatoms. The predicted octanol–water partition coefficient (Wildman–Crippen LogP) is 5.09. The maximum absolute atomic E-state index is 6.10. The van der Waals surface area contributed by atoms with Crippen LogP contribution in [0.5, 0.6) is 0 Å². The van der Waals surface area contributed by atoms with Crippen LogP contribution in [0.15, 0.2) is 66.0 Å². The third-order valence-corrected chi connectivity index (χ3v) is 6.82. The second-order valence-corrected chi connectivity index (χ2v) is 9.74. The van der Waals surface area contributed by atoms with Crippen LogP contribution in [0, 0.1) is 5.92 Å². The van der Waals surface area contributed by atoms with E-state index in [4.69, 9.17) is 43.8 Å². The Kier molecular flexibility index (Phi) is 12.7. The first-order chi connectivity index (χ1) is 19.5. The summed E-state index contributed by atoms with van der Waals surface area (Å²) in [5.41, 5.74) is -0.845. The Morgan fingerprint density at radius 2 is 0.750 bits per heavy atom. The molecule has 0 aliphatic carbocycles. The number of hydrogen-bond donors (Lipinski definition) is 0. The second-order valence-electron chi connectivity index (χ2n) is 9.74. The zero-order valence-electron chi connectivity index (χ0n) is 24.9. The first-order valence-electron chi connectivity index (χ1n) is 14.4. The van der Waals surface area contributed by atoms with Gasteiger partial charge in [-0.1, -0.05) is 0 Å². The van der Waals surface area contributed by atoms with Gasteiger partial charge in [-0.05, 0) is 59.8 Å². The number of nitrogens with zero attached hydrogens (tertiary/aromatic N) is 6. The molecule has 3 aliphatic heterocycles. The Morgan fingerprint density at radius 1 is 0.475 bits per heavy atom. The Morgan fingerprint density at radius 3 is 1.00 bits per heavy atom. The Labute approximate surface area is 238 Å². The average Bonchev–Trinajstić information content (AvgIpc) is 3.69. The summed E-state index contributed by atoms with van der Waals surface area (Å²) in [4.78, 5) is 0. The zero-order valence-corrected chi connectivity index (χ0v) is 24.9. The van der Waals surface area contributed by atoms with Crippen LogP contribution in [0.25, 0.3) is 0 Å². The molecule has 40 heavy (non-hydrogen) atoms. The van der Waals surface area contributed by atoms with Gasteiger partial charge in [0.05, 0.1) is 62.7 Å². The lowest BCUT2D eigenvalue weighted by Gasteiger charge is -2.47. The van der Waals surface area contributed by atoms with Gasteiger partial charge in [0.2, 0.25) is 0 Å². The van der Waals surface area contributed by atoms with Gasteiger partial charge in [0.1, 0.15) is 16.6 Å². The van der Waals surface area contributed by atoms with Crippen LogP contribution >= 0.6 is 0 Å². The minimum atomic E-state index is -0.996.